The molecule has 0 spiro atoms. The van der Waals surface area contributed by atoms with Crippen molar-refractivity contribution < 1.29 is 22.7 Å². The van der Waals surface area contributed by atoms with Crippen LogP contribution in [-0.2, 0) is 10.3 Å². The molecule has 0 unspecified atom stereocenters. The van der Waals surface area contributed by atoms with Crippen LogP contribution < -0.4 is 5.32 Å². The number of rotatable bonds is 5. The Morgan fingerprint density at radius 2 is 2.12 bits per heavy atom. The number of urea groups is 1. The van der Waals surface area contributed by atoms with E-state index in [1.807, 2.05) is 6.92 Å². The molecule has 0 bridgehead atoms. The molecular weight excluding hydrogens is 357 g/mol. The minimum absolute atomic E-state index is 0.0135. The van der Waals surface area contributed by atoms with Crippen LogP contribution in [0.3, 0.4) is 0 Å². The van der Waals surface area contributed by atoms with Gasteiger partial charge in [-0.15, -0.1) is 0 Å². The maximum absolute atomic E-state index is 14.3. The molecule has 2 aliphatic rings. The molecule has 0 aromatic heterocycles. The Balaban J connectivity index is 2.12. The van der Waals surface area contributed by atoms with Crippen molar-refractivity contribution in [2.45, 2.75) is 38.0 Å². The number of benzene rings is 1. The minimum atomic E-state index is -4.69. The number of nitrogens with zero attached hydrogens (tertiary/aromatic N) is 1. The predicted molar refractivity (Wildman–Crippen MR) is 88.7 cm³/mol. The van der Waals surface area contributed by atoms with E-state index in [1.54, 1.807) is 0 Å². The van der Waals surface area contributed by atoms with Gasteiger partial charge < -0.3 is 15.0 Å². The molecule has 138 valence electrons. The number of alkyl halides is 3. The Labute approximate surface area is 149 Å². The zero-order valence-electron chi connectivity index (χ0n) is 13.8. The summed E-state index contributed by atoms with van der Waals surface area (Å²) in [6, 6.07) is 3.53. The minimum Gasteiger partial charge on any atom is -0.359 e. The summed E-state index contributed by atoms with van der Waals surface area (Å²) in [7, 11) is 0. The van der Waals surface area contributed by atoms with E-state index < -0.39 is 24.4 Å². The molecule has 1 aliphatic carbocycles. The van der Waals surface area contributed by atoms with Gasteiger partial charge in [-0.25, -0.2) is 4.79 Å². The summed E-state index contributed by atoms with van der Waals surface area (Å²) in [5.41, 5.74) is -2.65. The molecule has 1 aromatic rings. The van der Waals surface area contributed by atoms with Crippen molar-refractivity contribution in [2.24, 2.45) is 5.92 Å². The average Bonchev–Trinajstić information content (AvgIpc) is 3.35. The lowest BCUT2D eigenvalue weighted by molar-refractivity contribution is -0.288. The number of carbonyl (C=O) groups is 1. The lowest BCUT2D eigenvalue weighted by atomic mass is 9.90. The van der Waals surface area contributed by atoms with E-state index in [4.69, 9.17) is 16.3 Å². The van der Waals surface area contributed by atoms with Gasteiger partial charge >= 0.3 is 12.2 Å². The molecule has 0 radical (unpaired) electrons. The Hall–Kier alpha value is -1.47. The molecule has 1 aliphatic heterocycles. The summed E-state index contributed by atoms with van der Waals surface area (Å²) >= 11 is 5.97. The monoisotopic (exact) mass is 376 g/mol. The van der Waals surface area contributed by atoms with Gasteiger partial charge in [-0.3, -0.25) is 0 Å². The molecule has 0 saturated heterocycles. The molecule has 8 heteroatoms. The van der Waals surface area contributed by atoms with E-state index in [9.17, 15) is 18.0 Å². The number of hydrogen-bond donors (Lipinski definition) is 1. The largest absolute Gasteiger partial charge is 0.423 e. The van der Waals surface area contributed by atoms with Crippen molar-refractivity contribution in [2.75, 3.05) is 25.0 Å². The fourth-order valence-electron chi connectivity index (χ4n) is 3.02. The summed E-state index contributed by atoms with van der Waals surface area (Å²) in [5, 5.41) is 2.73. The van der Waals surface area contributed by atoms with E-state index in [-0.39, 0.29) is 35.3 Å². The van der Waals surface area contributed by atoms with Crippen LogP contribution in [0.25, 0.3) is 0 Å². The van der Waals surface area contributed by atoms with Gasteiger partial charge in [0.25, 0.3) is 0 Å². The maximum Gasteiger partial charge on any atom is 0.423 e. The first-order valence-corrected chi connectivity index (χ1v) is 8.71. The van der Waals surface area contributed by atoms with Gasteiger partial charge in [0, 0.05) is 22.8 Å². The van der Waals surface area contributed by atoms with Crippen molar-refractivity contribution in [1.82, 2.24) is 4.90 Å². The van der Waals surface area contributed by atoms with Crippen molar-refractivity contribution in [3.63, 3.8) is 0 Å². The number of hydrogen-bond acceptors (Lipinski definition) is 2. The Morgan fingerprint density at radius 3 is 2.72 bits per heavy atom. The first-order valence-electron chi connectivity index (χ1n) is 8.33. The van der Waals surface area contributed by atoms with E-state index in [1.165, 1.54) is 18.2 Å². The molecule has 1 saturated carbocycles. The highest BCUT2D eigenvalue weighted by atomic mass is 35.5. The summed E-state index contributed by atoms with van der Waals surface area (Å²) in [4.78, 5) is 13.5. The summed E-state index contributed by atoms with van der Waals surface area (Å²) in [6.45, 7) is 1.44. The molecule has 1 atom stereocenters. The van der Waals surface area contributed by atoms with Gasteiger partial charge in [-0.2, -0.15) is 13.2 Å². The van der Waals surface area contributed by atoms with Crippen LogP contribution in [-0.4, -0.2) is 36.8 Å². The van der Waals surface area contributed by atoms with E-state index >= 15 is 0 Å². The average molecular weight is 377 g/mol. The second-order valence-corrected chi connectivity index (χ2v) is 7.06. The van der Waals surface area contributed by atoms with Crippen molar-refractivity contribution in [3.8, 4) is 0 Å². The third-order valence-corrected chi connectivity index (χ3v) is 4.81. The molecule has 25 heavy (non-hydrogen) atoms. The third-order valence-electron chi connectivity index (χ3n) is 4.57. The maximum atomic E-state index is 14.3. The van der Waals surface area contributed by atoms with Gasteiger partial charge in [0.1, 0.15) is 0 Å². The predicted octanol–water partition coefficient (Wildman–Crippen LogP) is 4.78. The zero-order valence-corrected chi connectivity index (χ0v) is 14.6. The van der Waals surface area contributed by atoms with E-state index in [2.05, 4.69) is 5.32 Å². The smallest absolute Gasteiger partial charge is 0.359 e. The Morgan fingerprint density at radius 1 is 1.40 bits per heavy atom. The molecule has 4 nitrogen and oxygen atoms in total. The van der Waals surface area contributed by atoms with Crippen molar-refractivity contribution >= 4 is 23.3 Å². The number of fused-ring (bicyclic) bond motifs is 1. The number of nitrogens with one attached hydrogen (secondary N) is 1. The topological polar surface area (TPSA) is 41.6 Å². The van der Waals surface area contributed by atoms with Crippen LogP contribution in [0.2, 0.25) is 5.02 Å². The quantitative estimate of drug-likeness (QED) is 0.803. The highest BCUT2D eigenvalue weighted by Crippen LogP contribution is 2.48. The fourth-order valence-corrected chi connectivity index (χ4v) is 3.19. The number of halogens is 4. The van der Waals surface area contributed by atoms with Gasteiger partial charge in [-0.1, -0.05) is 18.5 Å². The van der Waals surface area contributed by atoms with Crippen LogP contribution in [0.15, 0.2) is 18.2 Å². The van der Waals surface area contributed by atoms with Crippen LogP contribution >= 0.6 is 11.6 Å². The number of carbonyl (C=O) groups excluding carboxylic acids is 1. The highest BCUT2D eigenvalue weighted by Gasteiger charge is 2.61. The van der Waals surface area contributed by atoms with Gasteiger partial charge in [0.15, 0.2) is 0 Å². The first-order chi connectivity index (χ1) is 11.8. The van der Waals surface area contributed by atoms with Crippen LogP contribution in [0.1, 0.15) is 31.7 Å². The molecule has 1 aromatic carbocycles. The molecular formula is C17H20ClF3N2O2. The van der Waals surface area contributed by atoms with E-state index in [0.29, 0.717) is 6.42 Å². The van der Waals surface area contributed by atoms with Crippen molar-refractivity contribution in [1.29, 1.82) is 0 Å². The molecule has 2 amide bonds. The standard InChI is InChI=1S/C17H20ClF3N2O2/c1-2-7-23-10-16(17(19,20)21,25-9-11-3-4-11)13-8-12(18)5-6-14(13)22-15(23)24/h5-6,8,11H,2-4,7,9-10H2,1H3,(H,22,24)/t16-/m0/s1. The number of ether oxygens (including phenoxy) is 1. The molecule has 1 heterocycles. The van der Waals surface area contributed by atoms with Crippen LogP contribution in [0.4, 0.5) is 23.7 Å². The van der Waals surface area contributed by atoms with Gasteiger partial charge in [0.05, 0.1) is 13.2 Å². The Kier molecular flexibility index (Phi) is 4.90. The molecule has 1 N–H and O–H groups in total. The summed E-state index contributed by atoms with van der Waals surface area (Å²) in [6.07, 6.45) is -2.42. The highest BCUT2D eigenvalue weighted by molar-refractivity contribution is 6.30. The first kappa shape index (κ1) is 18.3. The van der Waals surface area contributed by atoms with Crippen LogP contribution in [0, 0.1) is 5.92 Å². The lowest BCUT2D eigenvalue weighted by Crippen LogP contribution is -2.53. The number of amides is 2. The second kappa shape index (κ2) is 6.68. The SMILES string of the molecule is CCCN1C[C@@](OCC2CC2)(C(F)(F)F)c2cc(Cl)ccc2NC1=O. The van der Waals surface area contributed by atoms with Gasteiger partial charge in [-0.05, 0) is 43.4 Å². The number of anilines is 1. The van der Waals surface area contributed by atoms with Crippen LogP contribution in [0.5, 0.6) is 0 Å². The summed E-state index contributed by atoms with van der Waals surface area (Å²) < 4.78 is 48.3. The Bertz CT molecular complexity index is 664. The third kappa shape index (κ3) is 3.58. The lowest BCUT2D eigenvalue weighted by Gasteiger charge is -2.38. The second-order valence-electron chi connectivity index (χ2n) is 6.62. The van der Waals surface area contributed by atoms with Gasteiger partial charge in [0.2, 0.25) is 5.60 Å². The molecule has 1 fully saturated rings. The van der Waals surface area contributed by atoms with E-state index in [0.717, 1.165) is 17.7 Å². The summed E-state index contributed by atoms with van der Waals surface area (Å²) in [5.74, 6) is 0.147. The zero-order chi connectivity index (χ0) is 18.2. The normalized spacial score (nSPS) is 23.9. The fraction of sp³-hybridized carbons (Fsp3) is 0.588. The van der Waals surface area contributed by atoms with Crippen molar-refractivity contribution in [3.05, 3.63) is 28.8 Å². The molecule has 3 rings (SSSR count).